The summed E-state index contributed by atoms with van der Waals surface area (Å²) < 4.78 is 34.8. The van der Waals surface area contributed by atoms with Crippen LogP contribution in [0.3, 0.4) is 0 Å². The van der Waals surface area contributed by atoms with E-state index in [4.69, 9.17) is 4.74 Å². The fourth-order valence-electron chi connectivity index (χ4n) is 3.55. The van der Waals surface area contributed by atoms with E-state index in [1.165, 1.54) is 4.68 Å². The minimum absolute atomic E-state index is 0.0455. The monoisotopic (exact) mass is 506 g/mol. The number of fused-ring (bicyclic) bond motifs is 1. The van der Waals surface area contributed by atoms with Crippen LogP contribution in [0.4, 0.5) is 4.79 Å². The molecule has 0 aliphatic rings. The Labute approximate surface area is 208 Å². The third kappa shape index (κ3) is 5.96. The van der Waals surface area contributed by atoms with Crippen LogP contribution in [0.15, 0.2) is 83.7 Å². The molecule has 0 aliphatic carbocycles. The molecule has 0 bridgehead atoms. The Balaban J connectivity index is 1.58. The van der Waals surface area contributed by atoms with Gasteiger partial charge in [0.25, 0.3) is 5.56 Å². The first kappa shape index (κ1) is 25.1. The predicted molar refractivity (Wildman–Crippen MR) is 138 cm³/mol. The fourth-order valence-corrected chi connectivity index (χ4v) is 4.24. The average Bonchev–Trinajstić information content (AvgIpc) is 2.83. The van der Waals surface area contributed by atoms with Gasteiger partial charge in [0, 0.05) is 17.5 Å². The van der Waals surface area contributed by atoms with Gasteiger partial charge >= 0.3 is 16.3 Å². The molecule has 0 radical (unpaired) electrons. The third-order valence-corrected chi connectivity index (χ3v) is 6.08. The molecule has 2 N–H and O–H groups in total. The zero-order chi connectivity index (χ0) is 25.9. The molecule has 1 amide bonds. The summed E-state index contributed by atoms with van der Waals surface area (Å²) in [5.74, 6) is 0. The molecule has 4 aromatic rings. The Hall–Kier alpha value is -4.02. The van der Waals surface area contributed by atoms with Gasteiger partial charge in [0.05, 0.1) is 16.8 Å². The Morgan fingerprint density at radius 3 is 2.17 bits per heavy atom. The van der Waals surface area contributed by atoms with Gasteiger partial charge in [-0.1, -0.05) is 60.7 Å². The highest BCUT2D eigenvalue weighted by Gasteiger charge is 2.21. The van der Waals surface area contributed by atoms with E-state index in [0.717, 1.165) is 5.56 Å². The third-order valence-electron chi connectivity index (χ3n) is 5.12. The molecular weight excluding hydrogens is 480 g/mol. The van der Waals surface area contributed by atoms with E-state index in [-0.39, 0.29) is 12.1 Å². The lowest BCUT2D eigenvalue weighted by Gasteiger charge is -2.19. The molecule has 186 valence electrons. The van der Waals surface area contributed by atoms with Crippen molar-refractivity contribution in [2.45, 2.75) is 32.9 Å². The molecule has 0 saturated carbocycles. The van der Waals surface area contributed by atoms with E-state index in [9.17, 15) is 18.0 Å². The predicted octanol–water partition coefficient (Wildman–Crippen LogP) is 3.91. The number of nitrogens with zero attached hydrogens (tertiary/aromatic N) is 2. The Bertz CT molecular complexity index is 1560. The van der Waals surface area contributed by atoms with Crippen molar-refractivity contribution in [3.05, 3.63) is 94.8 Å². The van der Waals surface area contributed by atoms with Gasteiger partial charge in [0.1, 0.15) is 5.60 Å². The molecular formula is C26H26N4O5S. The van der Waals surface area contributed by atoms with Crippen LogP contribution in [0, 0.1) is 0 Å². The number of para-hydroxylation sites is 1. The number of aromatic nitrogens is 2. The van der Waals surface area contributed by atoms with Gasteiger partial charge in [-0.05, 0) is 44.5 Å². The van der Waals surface area contributed by atoms with Crippen LogP contribution in [0.2, 0.25) is 0 Å². The Kier molecular flexibility index (Phi) is 6.91. The first-order chi connectivity index (χ1) is 17.0. The minimum atomic E-state index is -4.11. The summed E-state index contributed by atoms with van der Waals surface area (Å²) in [5.41, 5.74) is 1.65. The number of benzene rings is 3. The maximum absolute atomic E-state index is 13.1. The topological polar surface area (TPSA) is 119 Å². The molecule has 9 nitrogen and oxygen atoms in total. The van der Waals surface area contributed by atoms with Gasteiger partial charge in [0.15, 0.2) is 0 Å². The van der Waals surface area contributed by atoms with E-state index in [2.05, 4.69) is 9.82 Å². The van der Waals surface area contributed by atoms with Crippen LogP contribution in [0.5, 0.6) is 0 Å². The largest absolute Gasteiger partial charge is 0.443 e. The van der Waals surface area contributed by atoms with Crippen LogP contribution in [0.1, 0.15) is 26.3 Å². The molecule has 0 fully saturated rings. The Morgan fingerprint density at radius 1 is 0.917 bits per heavy atom. The lowest BCUT2D eigenvalue weighted by molar-refractivity contribution is 0.0569. The second-order valence-corrected chi connectivity index (χ2v) is 10.6. The number of amides is 1. The zero-order valence-corrected chi connectivity index (χ0v) is 20.9. The number of hydrogen-bond acceptors (Lipinski definition) is 6. The fraction of sp³-hybridized carbons (Fsp3) is 0.192. The number of ether oxygens (including phenoxy) is 1. The number of carbonyl (C=O) groups is 1. The maximum atomic E-state index is 13.1. The van der Waals surface area contributed by atoms with Gasteiger partial charge in [-0.15, -0.1) is 0 Å². The first-order valence-electron chi connectivity index (χ1n) is 11.2. The van der Waals surface area contributed by atoms with E-state index in [0.29, 0.717) is 27.7 Å². The van der Waals surface area contributed by atoms with Crippen molar-refractivity contribution in [3.63, 3.8) is 0 Å². The highest BCUT2D eigenvalue weighted by molar-refractivity contribution is 7.88. The standard InChI is InChI=1S/C26H26N4O5S/c1-26(2,3)35-25(32)29-36(33,34)27-17-18-13-15-19(16-14-18)23-21-11-7-8-12-22(21)24(31)30(28-23)20-9-5-4-6-10-20/h4-16,27H,17H2,1-3H3,(H,29,32). The highest BCUT2D eigenvalue weighted by atomic mass is 32.2. The molecule has 1 heterocycles. The highest BCUT2D eigenvalue weighted by Crippen LogP contribution is 2.25. The minimum Gasteiger partial charge on any atom is -0.443 e. The normalized spacial score (nSPS) is 11.9. The first-order valence-corrected chi connectivity index (χ1v) is 12.7. The average molecular weight is 507 g/mol. The van der Waals surface area contributed by atoms with Crippen LogP contribution in [-0.4, -0.2) is 29.9 Å². The van der Waals surface area contributed by atoms with Gasteiger partial charge in [-0.25, -0.2) is 9.52 Å². The summed E-state index contributed by atoms with van der Waals surface area (Å²) >= 11 is 0. The van der Waals surface area contributed by atoms with Gasteiger partial charge in [-0.2, -0.15) is 22.9 Å². The van der Waals surface area contributed by atoms with Crippen molar-refractivity contribution in [1.82, 2.24) is 19.2 Å². The molecule has 0 spiro atoms. The van der Waals surface area contributed by atoms with Crippen molar-refractivity contribution >= 4 is 27.1 Å². The van der Waals surface area contributed by atoms with Crippen molar-refractivity contribution in [3.8, 4) is 16.9 Å². The summed E-state index contributed by atoms with van der Waals surface area (Å²) in [6.45, 7) is 4.87. The second kappa shape index (κ2) is 9.92. The van der Waals surface area contributed by atoms with Crippen LogP contribution in [0.25, 0.3) is 27.7 Å². The number of rotatable bonds is 6. The van der Waals surface area contributed by atoms with Crippen molar-refractivity contribution in [2.24, 2.45) is 0 Å². The van der Waals surface area contributed by atoms with E-state index in [1.54, 1.807) is 51.1 Å². The lowest BCUT2D eigenvalue weighted by Crippen LogP contribution is -2.42. The van der Waals surface area contributed by atoms with Crippen molar-refractivity contribution in [2.75, 3.05) is 0 Å². The summed E-state index contributed by atoms with van der Waals surface area (Å²) in [4.78, 5) is 24.9. The molecule has 3 aromatic carbocycles. The summed E-state index contributed by atoms with van der Waals surface area (Å²) in [5, 5.41) is 5.90. The lowest BCUT2D eigenvalue weighted by atomic mass is 10.0. The van der Waals surface area contributed by atoms with Gasteiger partial charge < -0.3 is 4.74 Å². The van der Waals surface area contributed by atoms with Crippen LogP contribution >= 0.6 is 0 Å². The second-order valence-electron chi connectivity index (χ2n) is 9.07. The molecule has 10 heteroatoms. The van der Waals surface area contributed by atoms with Gasteiger partial charge in [-0.3, -0.25) is 4.79 Å². The molecule has 0 atom stereocenters. The molecule has 0 saturated heterocycles. The molecule has 0 unspecified atom stereocenters. The zero-order valence-electron chi connectivity index (χ0n) is 20.1. The number of nitrogens with one attached hydrogen (secondary N) is 2. The van der Waals surface area contributed by atoms with Crippen LogP contribution in [-0.2, 0) is 21.5 Å². The van der Waals surface area contributed by atoms with Crippen molar-refractivity contribution in [1.29, 1.82) is 0 Å². The smallest absolute Gasteiger partial charge is 0.422 e. The van der Waals surface area contributed by atoms with Crippen LogP contribution < -0.4 is 15.0 Å². The quantitative estimate of drug-likeness (QED) is 0.409. The van der Waals surface area contributed by atoms with E-state index in [1.807, 2.05) is 53.3 Å². The summed E-state index contributed by atoms with van der Waals surface area (Å²) in [7, 11) is -4.11. The molecule has 4 rings (SSSR count). The maximum Gasteiger partial charge on any atom is 0.422 e. The number of carbonyl (C=O) groups excluding carboxylic acids is 1. The SMILES string of the molecule is CC(C)(C)OC(=O)NS(=O)(=O)NCc1ccc(-c2nn(-c3ccccc3)c(=O)c3ccccc23)cc1. The van der Waals surface area contributed by atoms with E-state index < -0.39 is 21.9 Å². The van der Waals surface area contributed by atoms with E-state index >= 15 is 0 Å². The van der Waals surface area contributed by atoms with Gasteiger partial charge in [0.2, 0.25) is 0 Å². The summed E-state index contributed by atoms with van der Waals surface area (Å²) in [6.07, 6.45) is -1.06. The Morgan fingerprint density at radius 2 is 1.53 bits per heavy atom. The molecule has 0 aliphatic heterocycles. The summed E-state index contributed by atoms with van der Waals surface area (Å²) in [6, 6.07) is 23.6. The van der Waals surface area contributed by atoms with Crippen molar-refractivity contribution < 1.29 is 17.9 Å². The molecule has 36 heavy (non-hydrogen) atoms. The number of hydrogen-bond donors (Lipinski definition) is 2. The molecule has 1 aromatic heterocycles.